The van der Waals surface area contributed by atoms with Crippen LogP contribution in [0.25, 0.3) is 11.0 Å². The van der Waals surface area contributed by atoms with Gasteiger partial charge in [0.15, 0.2) is 11.6 Å². The van der Waals surface area contributed by atoms with E-state index in [1.54, 1.807) is 11.5 Å². The van der Waals surface area contributed by atoms with Gasteiger partial charge in [0, 0.05) is 30.9 Å². The largest absolute Gasteiger partial charge is 0.462 e. The quantitative estimate of drug-likeness (QED) is 0.807. The maximum absolute atomic E-state index is 14.9. The molecule has 0 aromatic carbocycles. The van der Waals surface area contributed by atoms with Crippen LogP contribution in [0.2, 0.25) is 0 Å². The molecule has 1 N–H and O–H groups in total. The Kier molecular flexibility index (Phi) is 5.43. The molecule has 8 heteroatoms. The molecule has 3 rings (SSSR count). The van der Waals surface area contributed by atoms with Crippen LogP contribution in [0.4, 0.5) is 10.2 Å². The Balaban J connectivity index is 2.23. The maximum Gasteiger partial charge on any atom is 0.343 e. The molecule has 0 amide bonds. The Labute approximate surface area is 163 Å². The van der Waals surface area contributed by atoms with Gasteiger partial charge in [-0.15, -0.1) is 0 Å². The lowest BCUT2D eigenvalue weighted by Gasteiger charge is -2.27. The smallest absolute Gasteiger partial charge is 0.343 e. The Morgan fingerprint density at radius 3 is 2.71 bits per heavy atom. The van der Waals surface area contributed by atoms with Crippen molar-refractivity contribution in [2.24, 2.45) is 0 Å². The summed E-state index contributed by atoms with van der Waals surface area (Å²) in [6.07, 6.45) is 2.36. The number of halogens is 1. The molecule has 0 saturated carbocycles. The number of carbonyl (C=O) groups excluding carboxylic acids is 1. The third-order valence-corrected chi connectivity index (χ3v) is 5.03. The Bertz CT molecular complexity index is 965. The highest BCUT2D eigenvalue weighted by Crippen LogP contribution is 2.27. The normalized spacial score (nSPS) is 17.4. The average Bonchev–Trinajstić information content (AvgIpc) is 3.10. The number of esters is 1. The summed E-state index contributed by atoms with van der Waals surface area (Å²) in [6, 6.07) is 1.46. The summed E-state index contributed by atoms with van der Waals surface area (Å²) in [5.41, 5.74) is -0.806. The molecule has 28 heavy (non-hydrogen) atoms. The first-order valence-corrected chi connectivity index (χ1v) is 9.53. The van der Waals surface area contributed by atoms with E-state index in [-0.39, 0.29) is 29.4 Å². The number of pyridine rings is 2. The standard InChI is InChI=1S/C20H27FN4O3/c1-6-28-19(27)14-11-25(20(2,3)4)17-13(16(14)26)9-15(21)18(23-17)24-8-7-12(10-24)22-5/h9,11-12,22H,6-8,10H2,1-5H3/t12-/m1/s1. The van der Waals surface area contributed by atoms with Crippen LogP contribution in [0, 0.1) is 5.82 Å². The van der Waals surface area contributed by atoms with Gasteiger partial charge in [-0.3, -0.25) is 4.79 Å². The first-order valence-electron chi connectivity index (χ1n) is 9.53. The molecule has 3 heterocycles. The predicted octanol–water partition coefficient (Wildman–Crippen LogP) is 2.27. The van der Waals surface area contributed by atoms with Crippen molar-refractivity contribution in [2.45, 2.75) is 45.7 Å². The predicted molar refractivity (Wildman–Crippen MR) is 107 cm³/mol. The molecule has 1 fully saturated rings. The Morgan fingerprint density at radius 2 is 2.14 bits per heavy atom. The fourth-order valence-corrected chi connectivity index (χ4v) is 3.49. The molecule has 7 nitrogen and oxygen atoms in total. The van der Waals surface area contributed by atoms with Gasteiger partial charge in [0.25, 0.3) is 0 Å². The summed E-state index contributed by atoms with van der Waals surface area (Å²) >= 11 is 0. The molecule has 2 aromatic rings. The number of ether oxygens (including phenoxy) is 1. The number of rotatable bonds is 4. The van der Waals surface area contributed by atoms with Crippen LogP contribution >= 0.6 is 0 Å². The molecule has 2 aromatic heterocycles. The maximum atomic E-state index is 14.9. The molecular formula is C20H27FN4O3. The minimum atomic E-state index is -0.715. The third-order valence-electron chi connectivity index (χ3n) is 5.03. The van der Waals surface area contributed by atoms with E-state index in [0.29, 0.717) is 18.7 Å². The molecule has 0 spiro atoms. The number of nitrogens with zero attached hydrogens (tertiary/aromatic N) is 3. The second-order valence-corrected chi connectivity index (χ2v) is 8.02. The summed E-state index contributed by atoms with van der Waals surface area (Å²) < 4.78 is 21.6. The van der Waals surface area contributed by atoms with Gasteiger partial charge in [-0.2, -0.15) is 0 Å². The van der Waals surface area contributed by atoms with Crippen molar-refractivity contribution in [3.05, 3.63) is 33.9 Å². The molecule has 1 atom stereocenters. The average molecular weight is 390 g/mol. The van der Waals surface area contributed by atoms with Crippen molar-refractivity contribution in [1.29, 1.82) is 0 Å². The van der Waals surface area contributed by atoms with Crippen LogP contribution in [-0.2, 0) is 10.3 Å². The lowest BCUT2D eigenvalue weighted by Crippen LogP contribution is -2.32. The fourth-order valence-electron chi connectivity index (χ4n) is 3.49. The third kappa shape index (κ3) is 3.61. The molecule has 1 saturated heterocycles. The highest BCUT2D eigenvalue weighted by Gasteiger charge is 2.28. The molecule has 0 unspecified atom stereocenters. The van der Waals surface area contributed by atoms with Crippen LogP contribution in [0.3, 0.4) is 0 Å². The van der Waals surface area contributed by atoms with E-state index < -0.39 is 22.8 Å². The van der Waals surface area contributed by atoms with Crippen molar-refractivity contribution >= 4 is 22.8 Å². The summed E-state index contributed by atoms with van der Waals surface area (Å²) in [4.78, 5) is 31.5. The van der Waals surface area contributed by atoms with E-state index in [4.69, 9.17) is 4.74 Å². The molecule has 0 radical (unpaired) electrons. The fraction of sp³-hybridized carbons (Fsp3) is 0.550. The van der Waals surface area contributed by atoms with Crippen molar-refractivity contribution < 1.29 is 13.9 Å². The van der Waals surface area contributed by atoms with E-state index >= 15 is 0 Å². The van der Waals surface area contributed by atoms with Gasteiger partial charge in [-0.05, 0) is 47.2 Å². The zero-order chi connectivity index (χ0) is 20.6. The number of hydrogen-bond acceptors (Lipinski definition) is 6. The van der Waals surface area contributed by atoms with Crippen LogP contribution < -0.4 is 15.6 Å². The number of anilines is 1. The van der Waals surface area contributed by atoms with Gasteiger partial charge in [0.2, 0.25) is 5.43 Å². The van der Waals surface area contributed by atoms with Crippen LogP contribution in [0.15, 0.2) is 17.1 Å². The van der Waals surface area contributed by atoms with E-state index in [1.807, 2.05) is 32.7 Å². The van der Waals surface area contributed by atoms with Crippen LogP contribution in [0.5, 0.6) is 0 Å². The molecule has 152 valence electrons. The van der Waals surface area contributed by atoms with Gasteiger partial charge in [-0.25, -0.2) is 14.2 Å². The summed E-state index contributed by atoms with van der Waals surface area (Å²) in [6.45, 7) is 8.95. The highest BCUT2D eigenvalue weighted by atomic mass is 19.1. The minimum Gasteiger partial charge on any atom is -0.462 e. The van der Waals surface area contributed by atoms with Crippen LogP contribution in [0.1, 0.15) is 44.5 Å². The van der Waals surface area contributed by atoms with E-state index in [0.717, 1.165) is 6.42 Å². The number of likely N-dealkylation sites (N-methyl/N-ethyl adjacent to an activating group) is 1. The molecule has 1 aliphatic rings. The number of nitrogens with one attached hydrogen (secondary N) is 1. The van der Waals surface area contributed by atoms with Gasteiger partial charge in [0.05, 0.1) is 12.0 Å². The molecule has 0 aliphatic carbocycles. The molecule has 1 aliphatic heterocycles. The van der Waals surface area contributed by atoms with Gasteiger partial charge in [0.1, 0.15) is 11.2 Å². The zero-order valence-corrected chi connectivity index (χ0v) is 17.0. The van der Waals surface area contributed by atoms with Crippen molar-refractivity contribution in [3.8, 4) is 0 Å². The van der Waals surface area contributed by atoms with Crippen LogP contribution in [-0.4, -0.2) is 48.3 Å². The monoisotopic (exact) mass is 390 g/mol. The number of carbonyl (C=O) groups is 1. The second kappa shape index (κ2) is 7.50. The number of hydrogen-bond donors (Lipinski definition) is 1. The SMILES string of the molecule is CCOC(=O)c1cn(C(C)(C)C)c2nc(N3CC[C@@H](NC)C3)c(F)cc2c1=O. The van der Waals surface area contributed by atoms with Gasteiger partial charge < -0.3 is 19.5 Å². The Hall–Kier alpha value is -2.48. The Morgan fingerprint density at radius 1 is 1.43 bits per heavy atom. The van der Waals surface area contributed by atoms with Crippen molar-refractivity contribution in [3.63, 3.8) is 0 Å². The van der Waals surface area contributed by atoms with E-state index in [1.165, 1.54) is 12.3 Å². The summed E-state index contributed by atoms with van der Waals surface area (Å²) in [5.74, 6) is -1.05. The lowest BCUT2D eigenvalue weighted by atomic mass is 10.1. The minimum absolute atomic E-state index is 0.0751. The second-order valence-electron chi connectivity index (χ2n) is 8.02. The molecule has 0 bridgehead atoms. The van der Waals surface area contributed by atoms with Gasteiger partial charge >= 0.3 is 5.97 Å². The van der Waals surface area contributed by atoms with E-state index in [2.05, 4.69) is 10.3 Å². The topological polar surface area (TPSA) is 76.5 Å². The first-order chi connectivity index (χ1) is 13.2. The van der Waals surface area contributed by atoms with Crippen molar-refractivity contribution in [2.75, 3.05) is 31.6 Å². The lowest BCUT2D eigenvalue weighted by molar-refractivity contribution is 0.0524. The summed E-state index contributed by atoms with van der Waals surface area (Å²) in [5, 5.41) is 3.27. The highest BCUT2D eigenvalue weighted by molar-refractivity contribution is 5.93. The van der Waals surface area contributed by atoms with E-state index in [9.17, 15) is 14.0 Å². The molecular weight excluding hydrogens is 363 g/mol. The van der Waals surface area contributed by atoms with Crippen molar-refractivity contribution in [1.82, 2.24) is 14.9 Å². The number of fused-ring (bicyclic) bond motifs is 1. The first kappa shape index (κ1) is 20.3. The zero-order valence-electron chi connectivity index (χ0n) is 17.0. The summed E-state index contributed by atoms with van der Waals surface area (Å²) in [7, 11) is 1.88. The number of aromatic nitrogens is 2. The van der Waals surface area contributed by atoms with Gasteiger partial charge in [-0.1, -0.05) is 0 Å².